The van der Waals surface area contributed by atoms with Crippen molar-refractivity contribution in [2.24, 2.45) is 0 Å². The summed E-state index contributed by atoms with van der Waals surface area (Å²) in [4.78, 5) is 40.4. The summed E-state index contributed by atoms with van der Waals surface area (Å²) in [6.45, 7) is 4.31. The zero-order valence-corrected chi connectivity index (χ0v) is 21.9. The van der Waals surface area contributed by atoms with Crippen LogP contribution in [-0.4, -0.2) is 37.9 Å². The van der Waals surface area contributed by atoms with Crippen molar-refractivity contribution >= 4 is 40.8 Å². The Labute approximate surface area is 221 Å². The number of esters is 1. The third kappa shape index (κ3) is 6.01. The number of hydrogen-bond donors (Lipinski definition) is 2. The molecule has 8 heteroatoms. The molecule has 0 radical (unpaired) electrons. The van der Waals surface area contributed by atoms with Crippen LogP contribution in [0.3, 0.4) is 0 Å². The van der Waals surface area contributed by atoms with E-state index >= 15 is 0 Å². The molecule has 1 heterocycles. The number of benzene rings is 3. The van der Waals surface area contributed by atoms with Gasteiger partial charge in [-0.05, 0) is 87.3 Å². The van der Waals surface area contributed by atoms with E-state index in [1.165, 1.54) is 0 Å². The standard InChI is InChI=1S/C29H30ClN3O4/c1-18-7-4-5-8-22(18)28(35)32-21-11-12-23(19(2)15-21)29(36)33-14-6-9-26(37-27(34)17-31-3)24-16-20(30)10-13-25(24)33/h4-5,7-8,10-13,15-16,26,31H,6,9,14,17H2,1-3H3,(H,32,35). The number of hydrogen-bond acceptors (Lipinski definition) is 5. The zero-order valence-electron chi connectivity index (χ0n) is 21.1. The van der Waals surface area contributed by atoms with E-state index in [9.17, 15) is 14.4 Å². The van der Waals surface area contributed by atoms with Gasteiger partial charge in [0.1, 0.15) is 6.10 Å². The highest BCUT2D eigenvalue weighted by atomic mass is 35.5. The number of rotatable bonds is 6. The molecule has 0 spiro atoms. The molecule has 37 heavy (non-hydrogen) atoms. The molecule has 0 saturated heterocycles. The van der Waals surface area contributed by atoms with E-state index < -0.39 is 6.10 Å². The maximum atomic E-state index is 13.7. The number of likely N-dealkylation sites (N-methyl/N-ethyl adjacent to an activating group) is 1. The molecule has 1 aliphatic rings. The lowest BCUT2D eigenvalue weighted by atomic mass is 10.0. The molecule has 0 bridgehead atoms. The number of nitrogens with one attached hydrogen (secondary N) is 2. The third-order valence-corrected chi connectivity index (χ3v) is 6.65. The van der Waals surface area contributed by atoms with E-state index in [0.717, 1.165) is 11.1 Å². The molecule has 0 saturated carbocycles. The summed E-state index contributed by atoms with van der Waals surface area (Å²) in [7, 11) is 1.68. The summed E-state index contributed by atoms with van der Waals surface area (Å²) in [6, 6.07) is 17.9. The first-order valence-electron chi connectivity index (χ1n) is 12.2. The average molecular weight is 520 g/mol. The summed E-state index contributed by atoms with van der Waals surface area (Å²) in [5.74, 6) is -0.730. The second kappa shape index (κ2) is 11.6. The maximum absolute atomic E-state index is 13.7. The Morgan fingerprint density at radius 1 is 1.00 bits per heavy atom. The lowest BCUT2D eigenvalue weighted by Gasteiger charge is -2.25. The van der Waals surface area contributed by atoms with Crippen LogP contribution in [0.2, 0.25) is 5.02 Å². The van der Waals surface area contributed by atoms with Gasteiger partial charge in [0.25, 0.3) is 11.8 Å². The molecule has 1 atom stereocenters. The minimum atomic E-state index is -0.493. The Balaban J connectivity index is 1.59. The van der Waals surface area contributed by atoms with Crippen molar-refractivity contribution in [2.45, 2.75) is 32.8 Å². The van der Waals surface area contributed by atoms with E-state index in [1.807, 2.05) is 32.0 Å². The summed E-state index contributed by atoms with van der Waals surface area (Å²) in [5.41, 5.74) is 4.75. The van der Waals surface area contributed by atoms with Crippen LogP contribution in [0.25, 0.3) is 0 Å². The number of ether oxygens (including phenoxy) is 1. The number of aryl methyl sites for hydroxylation is 2. The third-order valence-electron chi connectivity index (χ3n) is 6.42. The van der Waals surface area contributed by atoms with Gasteiger partial charge in [0.15, 0.2) is 0 Å². The van der Waals surface area contributed by atoms with Crippen molar-refractivity contribution in [3.05, 3.63) is 93.5 Å². The van der Waals surface area contributed by atoms with Crippen LogP contribution < -0.4 is 15.5 Å². The molecule has 2 N–H and O–H groups in total. The van der Waals surface area contributed by atoms with E-state index in [1.54, 1.807) is 54.4 Å². The van der Waals surface area contributed by atoms with Crippen LogP contribution >= 0.6 is 11.6 Å². The van der Waals surface area contributed by atoms with Crippen molar-refractivity contribution in [2.75, 3.05) is 30.4 Å². The highest BCUT2D eigenvalue weighted by Gasteiger charge is 2.30. The Morgan fingerprint density at radius 3 is 2.51 bits per heavy atom. The summed E-state index contributed by atoms with van der Waals surface area (Å²) >= 11 is 6.28. The first-order chi connectivity index (χ1) is 17.8. The molecule has 192 valence electrons. The van der Waals surface area contributed by atoms with Gasteiger partial charge in [0.05, 0.1) is 12.2 Å². The van der Waals surface area contributed by atoms with E-state index in [-0.39, 0.29) is 24.3 Å². The van der Waals surface area contributed by atoms with E-state index in [2.05, 4.69) is 10.6 Å². The first-order valence-corrected chi connectivity index (χ1v) is 12.6. The van der Waals surface area contributed by atoms with Crippen LogP contribution in [0.5, 0.6) is 0 Å². The van der Waals surface area contributed by atoms with Gasteiger partial charge >= 0.3 is 5.97 Å². The van der Waals surface area contributed by atoms with Gasteiger partial charge in [0, 0.05) is 33.9 Å². The smallest absolute Gasteiger partial charge is 0.320 e. The molecule has 1 aliphatic heterocycles. The number of nitrogens with zero attached hydrogens (tertiary/aromatic N) is 1. The van der Waals surface area contributed by atoms with Crippen molar-refractivity contribution < 1.29 is 19.1 Å². The SMILES string of the molecule is CNCC(=O)OC1CCCN(C(=O)c2ccc(NC(=O)c3ccccc3C)cc2C)c2ccc(Cl)cc21. The normalized spacial score (nSPS) is 14.9. The lowest BCUT2D eigenvalue weighted by molar-refractivity contribution is -0.148. The Hall–Kier alpha value is -3.68. The number of fused-ring (bicyclic) bond motifs is 1. The number of carbonyl (C=O) groups excluding carboxylic acids is 3. The van der Waals surface area contributed by atoms with Crippen molar-refractivity contribution in [1.82, 2.24) is 5.32 Å². The van der Waals surface area contributed by atoms with Gasteiger partial charge in [0.2, 0.25) is 0 Å². The highest BCUT2D eigenvalue weighted by molar-refractivity contribution is 6.30. The average Bonchev–Trinajstić information content (AvgIpc) is 3.03. The van der Waals surface area contributed by atoms with Crippen molar-refractivity contribution in [3.8, 4) is 0 Å². The van der Waals surface area contributed by atoms with Gasteiger partial charge in [-0.3, -0.25) is 14.4 Å². The van der Waals surface area contributed by atoms with E-state index in [4.69, 9.17) is 16.3 Å². The van der Waals surface area contributed by atoms with Crippen molar-refractivity contribution in [3.63, 3.8) is 0 Å². The number of amides is 2. The molecule has 1 unspecified atom stereocenters. The van der Waals surface area contributed by atoms with Crippen LogP contribution in [0.15, 0.2) is 60.7 Å². The van der Waals surface area contributed by atoms with Crippen LogP contribution in [0.4, 0.5) is 11.4 Å². The number of halogens is 1. The minimum absolute atomic E-state index is 0.0982. The fourth-order valence-corrected chi connectivity index (χ4v) is 4.75. The topological polar surface area (TPSA) is 87.7 Å². The van der Waals surface area contributed by atoms with Gasteiger partial charge in [-0.25, -0.2) is 0 Å². The Kier molecular flexibility index (Phi) is 8.26. The summed E-state index contributed by atoms with van der Waals surface area (Å²) in [6.07, 6.45) is 0.738. The monoisotopic (exact) mass is 519 g/mol. The van der Waals surface area contributed by atoms with Gasteiger partial charge in [-0.1, -0.05) is 29.8 Å². The molecule has 7 nitrogen and oxygen atoms in total. The van der Waals surface area contributed by atoms with Crippen LogP contribution in [0.1, 0.15) is 56.4 Å². The van der Waals surface area contributed by atoms with Gasteiger partial charge in [-0.15, -0.1) is 0 Å². The van der Waals surface area contributed by atoms with Crippen LogP contribution in [0, 0.1) is 13.8 Å². The molecule has 3 aromatic rings. The fraction of sp³-hybridized carbons (Fsp3) is 0.276. The van der Waals surface area contributed by atoms with E-state index in [0.29, 0.717) is 52.5 Å². The molecular weight excluding hydrogens is 490 g/mol. The molecule has 0 aromatic heterocycles. The first kappa shape index (κ1) is 26.4. The summed E-state index contributed by atoms with van der Waals surface area (Å²) in [5, 5.41) is 6.23. The zero-order chi connectivity index (χ0) is 26.5. The van der Waals surface area contributed by atoms with Crippen LogP contribution in [-0.2, 0) is 9.53 Å². The maximum Gasteiger partial charge on any atom is 0.320 e. The second-order valence-electron chi connectivity index (χ2n) is 9.11. The van der Waals surface area contributed by atoms with Gasteiger partial charge in [-0.2, -0.15) is 0 Å². The molecular formula is C29H30ClN3O4. The molecule has 4 rings (SSSR count). The minimum Gasteiger partial charge on any atom is -0.456 e. The Bertz CT molecular complexity index is 1340. The Morgan fingerprint density at radius 2 is 1.78 bits per heavy atom. The number of anilines is 2. The predicted molar refractivity (Wildman–Crippen MR) is 145 cm³/mol. The molecule has 0 aliphatic carbocycles. The van der Waals surface area contributed by atoms with Gasteiger partial charge < -0.3 is 20.3 Å². The largest absolute Gasteiger partial charge is 0.456 e. The predicted octanol–water partition coefficient (Wildman–Crippen LogP) is 5.45. The molecule has 2 amide bonds. The quantitative estimate of drug-likeness (QED) is 0.423. The van der Waals surface area contributed by atoms with Crippen molar-refractivity contribution in [1.29, 1.82) is 0 Å². The molecule has 3 aromatic carbocycles. The fourth-order valence-electron chi connectivity index (χ4n) is 4.57. The number of carbonyl (C=O) groups is 3. The summed E-state index contributed by atoms with van der Waals surface area (Å²) < 4.78 is 5.71. The lowest BCUT2D eigenvalue weighted by Crippen LogP contribution is -2.32. The molecule has 0 fully saturated rings. The highest BCUT2D eigenvalue weighted by Crippen LogP contribution is 2.38. The second-order valence-corrected chi connectivity index (χ2v) is 9.55.